The highest BCUT2D eigenvalue weighted by Gasteiger charge is 2.34. The summed E-state index contributed by atoms with van der Waals surface area (Å²) < 4.78 is 46.4. The van der Waals surface area contributed by atoms with Crippen LogP contribution in [0.3, 0.4) is 0 Å². The first-order valence-electron chi connectivity index (χ1n) is 5.49. The van der Waals surface area contributed by atoms with Gasteiger partial charge in [-0.3, -0.25) is 0 Å². The first kappa shape index (κ1) is 17.1. The van der Waals surface area contributed by atoms with Crippen LogP contribution < -0.4 is 10.6 Å². The van der Waals surface area contributed by atoms with E-state index in [1.807, 2.05) is 0 Å². The number of rotatable bonds is 4. The summed E-state index contributed by atoms with van der Waals surface area (Å²) in [4.78, 5) is 23.9. The summed E-state index contributed by atoms with van der Waals surface area (Å²) >= 11 is 0.637. The van der Waals surface area contributed by atoms with Crippen molar-refractivity contribution in [3.8, 4) is 0 Å². The zero-order valence-corrected chi connectivity index (χ0v) is 12.2. The number of carbonyl (C=O) groups is 2. The van der Waals surface area contributed by atoms with Crippen LogP contribution in [0.4, 0.5) is 23.9 Å². The Bertz CT molecular complexity index is 556. The van der Waals surface area contributed by atoms with Crippen LogP contribution in [0.5, 0.6) is 0 Å². The molecule has 0 unspecified atom stereocenters. The molecule has 6 nitrogen and oxygen atoms in total. The Morgan fingerprint density at radius 2 is 1.76 bits per heavy atom. The number of halogens is 3. The molecule has 0 aromatic carbocycles. The number of alkyl halides is 3. The summed E-state index contributed by atoms with van der Waals surface area (Å²) in [6.07, 6.45) is -4.48. The Kier molecular flexibility index (Phi) is 5.05. The second-order valence-electron chi connectivity index (χ2n) is 3.98. The number of thiophene rings is 1. The predicted octanol–water partition coefficient (Wildman–Crippen LogP) is 1.90. The number of carbonyl (C=O) groups excluding carboxylic acids is 2. The van der Waals surface area contributed by atoms with E-state index in [1.54, 1.807) is 0 Å². The van der Waals surface area contributed by atoms with Gasteiger partial charge in [0.2, 0.25) is 0 Å². The molecule has 1 aromatic rings. The molecule has 0 fully saturated rings. The minimum atomic E-state index is -4.48. The maximum Gasteiger partial charge on any atom is 0.405 e. The lowest BCUT2D eigenvalue weighted by Crippen LogP contribution is -2.31. The van der Waals surface area contributed by atoms with E-state index in [2.05, 4.69) is 9.47 Å². The summed E-state index contributed by atoms with van der Waals surface area (Å²) in [5.74, 6) is -1.77. The van der Waals surface area contributed by atoms with E-state index < -0.39 is 24.7 Å². The standard InChI is InChI=1S/C11H13F3N2O4S/c1-16(4-11(12,13)14)8-5(9(17)19-2)6(15)7(21-8)10(18)20-3/h4,15H2,1-3H3. The molecule has 2 N–H and O–H groups in total. The highest BCUT2D eigenvalue weighted by Crippen LogP contribution is 2.39. The molecule has 0 spiro atoms. The fraction of sp³-hybridized carbons (Fsp3) is 0.455. The topological polar surface area (TPSA) is 81.9 Å². The van der Waals surface area contributed by atoms with Crippen LogP contribution in [0, 0.1) is 0 Å². The Labute approximate surface area is 122 Å². The number of nitrogens with two attached hydrogens (primary N) is 1. The van der Waals surface area contributed by atoms with E-state index in [4.69, 9.17) is 5.73 Å². The average Bonchev–Trinajstić information content (AvgIpc) is 2.73. The maximum atomic E-state index is 12.5. The van der Waals surface area contributed by atoms with Gasteiger partial charge < -0.3 is 20.1 Å². The molecular weight excluding hydrogens is 313 g/mol. The highest BCUT2D eigenvalue weighted by atomic mass is 32.1. The van der Waals surface area contributed by atoms with Crippen molar-refractivity contribution in [3.05, 3.63) is 10.4 Å². The Morgan fingerprint density at radius 3 is 2.19 bits per heavy atom. The van der Waals surface area contributed by atoms with Crippen molar-refractivity contribution >= 4 is 34.0 Å². The number of nitrogen functional groups attached to an aromatic ring is 1. The normalized spacial score (nSPS) is 11.1. The number of esters is 2. The van der Waals surface area contributed by atoms with Crippen molar-refractivity contribution in [2.45, 2.75) is 6.18 Å². The Balaban J connectivity index is 3.35. The first-order chi connectivity index (χ1) is 9.62. The monoisotopic (exact) mass is 326 g/mol. The van der Waals surface area contributed by atoms with Crippen LogP contribution in [0.25, 0.3) is 0 Å². The van der Waals surface area contributed by atoms with Gasteiger partial charge in [0.15, 0.2) is 0 Å². The van der Waals surface area contributed by atoms with Crippen molar-refractivity contribution in [3.63, 3.8) is 0 Å². The molecule has 0 aliphatic rings. The lowest BCUT2D eigenvalue weighted by atomic mass is 10.2. The fourth-order valence-electron chi connectivity index (χ4n) is 1.58. The summed E-state index contributed by atoms with van der Waals surface area (Å²) in [5, 5.41) is -0.114. The van der Waals surface area contributed by atoms with Crippen LogP contribution in [0.2, 0.25) is 0 Å². The van der Waals surface area contributed by atoms with E-state index in [1.165, 1.54) is 0 Å². The third kappa shape index (κ3) is 3.78. The largest absolute Gasteiger partial charge is 0.465 e. The van der Waals surface area contributed by atoms with Crippen molar-refractivity contribution in [1.82, 2.24) is 0 Å². The quantitative estimate of drug-likeness (QED) is 0.851. The van der Waals surface area contributed by atoms with Gasteiger partial charge in [0, 0.05) is 7.05 Å². The van der Waals surface area contributed by atoms with Crippen molar-refractivity contribution in [1.29, 1.82) is 0 Å². The predicted molar refractivity (Wildman–Crippen MR) is 70.7 cm³/mol. The fourth-order valence-corrected chi connectivity index (χ4v) is 2.67. The van der Waals surface area contributed by atoms with Gasteiger partial charge in [-0.05, 0) is 0 Å². The molecular formula is C11H13F3N2O4S. The minimum Gasteiger partial charge on any atom is -0.465 e. The molecule has 0 bridgehead atoms. The number of ether oxygens (including phenoxy) is 2. The van der Waals surface area contributed by atoms with Crippen molar-refractivity contribution in [2.75, 3.05) is 38.4 Å². The Hall–Kier alpha value is -1.97. The highest BCUT2D eigenvalue weighted by molar-refractivity contribution is 7.19. The van der Waals surface area contributed by atoms with Crippen molar-refractivity contribution in [2.24, 2.45) is 0 Å². The van der Waals surface area contributed by atoms with Gasteiger partial charge in [0.25, 0.3) is 0 Å². The molecule has 1 heterocycles. The number of nitrogens with zero attached hydrogens (tertiary/aromatic N) is 1. The van der Waals surface area contributed by atoms with Gasteiger partial charge >= 0.3 is 18.1 Å². The zero-order chi connectivity index (χ0) is 16.4. The summed E-state index contributed by atoms with van der Waals surface area (Å²) in [5.41, 5.74) is 5.12. The SMILES string of the molecule is COC(=O)c1sc(N(C)CC(F)(F)F)c(C(=O)OC)c1N. The van der Waals surface area contributed by atoms with E-state index in [0.29, 0.717) is 11.3 Å². The molecule has 0 aliphatic carbocycles. The third-order valence-corrected chi connectivity index (χ3v) is 3.75. The number of hydrogen-bond donors (Lipinski definition) is 1. The van der Waals surface area contributed by atoms with E-state index in [-0.39, 0.29) is 21.1 Å². The molecule has 118 valence electrons. The van der Waals surface area contributed by atoms with Crippen LogP contribution in [-0.2, 0) is 9.47 Å². The minimum absolute atomic E-state index is 0.114. The van der Waals surface area contributed by atoms with Gasteiger partial charge in [-0.1, -0.05) is 0 Å². The lowest BCUT2D eigenvalue weighted by molar-refractivity contribution is -0.119. The van der Waals surface area contributed by atoms with Gasteiger partial charge in [0.1, 0.15) is 22.0 Å². The molecule has 1 aromatic heterocycles. The van der Waals surface area contributed by atoms with Crippen LogP contribution >= 0.6 is 11.3 Å². The molecule has 0 amide bonds. The molecule has 10 heteroatoms. The molecule has 0 radical (unpaired) electrons. The van der Waals surface area contributed by atoms with Crippen LogP contribution in [0.1, 0.15) is 20.0 Å². The summed E-state index contributed by atoms with van der Waals surface area (Å²) in [6.45, 7) is -1.31. The first-order valence-corrected chi connectivity index (χ1v) is 6.30. The van der Waals surface area contributed by atoms with Crippen LogP contribution in [0.15, 0.2) is 0 Å². The molecule has 0 saturated carbocycles. The molecule has 0 aliphatic heterocycles. The summed E-state index contributed by atoms with van der Waals surface area (Å²) in [6, 6.07) is 0. The second-order valence-corrected chi connectivity index (χ2v) is 4.98. The zero-order valence-electron chi connectivity index (χ0n) is 11.4. The average molecular weight is 326 g/mol. The number of anilines is 2. The Morgan fingerprint density at radius 1 is 1.24 bits per heavy atom. The van der Waals surface area contributed by atoms with E-state index in [0.717, 1.165) is 26.2 Å². The molecule has 0 saturated heterocycles. The molecule has 0 atom stereocenters. The van der Waals surface area contributed by atoms with E-state index >= 15 is 0 Å². The maximum absolute atomic E-state index is 12.5. The molecule has 21 heavy (non-hydrogen) atoms. The number of methoxy groups -OCH3 is 2. The van der Waals surface area contributed by atoms with Crippen molar-refractivity contribution < 1.29 is 32.2 Å². The number of hydrogen-bond acceptors (Lipinski definition) is 7. The summed E-state index contributed by atoms with van der Waals surface area (Å²) in [7, 11) is 3.29. The van der Waals surface area contributed by atoms with E-state index in [9.17, 15) is 22.8 Å². The molecule has 1 rings (SSSR count). The second kappa shape index (κ2) is 6.20. The van der Waals surface area contributed by atoms with Gasteiger partial charge in [-0.25, -0.2) is 9.59 Å². The third-order valence-electron chi connectivity index (χ3n) is 2.45. The van der Waals surface area contributed by atoms with Gasteiger partial charge in [-0.2, -0.15) is 13.2 Å². The lowest BCUT2D eigenvalue weighted by Gasteiger charge is -2.20. The van der Waals surface area contributed by atoms with Crippen LogP contribution in [-0.4, -0.2) is 45.9 Å². The van der Waals surface area contributed by atoms with Gasteiger partial charge in [-0.15, -0.1) is 11.3 Å². The van der Waals surface area contributed by atoms with Gasteiger partial charge in [0.05, 0.1) is 19.9 Å². The smallest absolute Gasteiger partial charge is 0.405 e.